The Balaban J connectivity index is 1.85. The fourth-order valence-corrected chi connectivity index (χ4v) is 3.54. The Morgan fingerprint density at radius 2 is 1.81 bits per heavy atom. The number of carbonyl (C=O) groups is 1. The fourth-order valence-electron chi connectivity index (χ4n) is 2.49. The highest BCUT2D eigenvalue weighted by Crippen LogP contribution is 2.21. The number of nitrogens with one attached hydrogen (secondary N) is 1. The van der Waals surface area contributed by atoms with Crippen molar-refractivity contribution in [3.63, 3.8) is 0 Å². The lowest BCUT2D eigenvalue weighted by Gasteiger charge is -2.11. The van der Waals surface area contributed by atoms with Gasteiger partial charge in [0.15, 0.2) is 5.78 Å². The van der Waals surface area contributed by atoms with Crippen LogP contribution in [0.25, 0.3) is 11.3 Å². The van der Waals surface area contributed by atoms with E-state index in [0.29, 0.717) is 11.3 Å². The number of rotatable bonds is 6. The van der Waals surface area contributed by atoms with Gasteiger partial charge in [-0.15, -0.1) is 0 Å². The van der Waals surface area contributed by atoms with E-state index in [4.69, 9.17) is 0 Å². The molecule has 0 spiro atoms. The van der Waals surface area contributed by atoms with Crippen molar-refractivity contribution in [2.75, 3.05) is 0 Å². The Hall–Kier alpha value is -2.90. The Labute approximate surface area is 152 Å². The molecule has 1 N–H and O–H groups in total. The van der Waals surface area contributed by atoms with E-state index in [-0.39, 0.29) is 17.2 Å². The smallest absolute Gasteiger partial charge is 0.240 e. The van der Waals surface area contributed by atoms with Crippen molar-refractivity contribution in [1.29, 1.82) is 0 Å². The van der Waals surface area contributed by atoms with Crippen LogP contribution in [0.15, 0.2) is 72.0 Å². The zero-order valence-electron chi connectivity index (χ0n) is 14.1. The normalized spacial score (nSPS) is 11.3. The minimum absolute atomic E-state index is 0.0551. The summed E-state index contributed by atoms with van der Waals surface area (Å²) < 4.78 is 27.7. The Morgan fingerprint density at radius 3 is 2.54 bits per heavy atom. The number of carbonyl (C=O) groups excluding carboxylic acids is 1. The van der Waals surface area contributed by atoms with Crippen LogP contribution in [0.2, 0.25) is 0 Å². The van der Waals surface area contributed by atoms with Crippen LogP contribution in [0, 0.1) is 0 Å². The van der Waals surface area contributed by atoms with Gasteiger partial charge in [0.05, 0.1) is 10.6 Å². The number of aromatic nitrogens is 2. The van der Waals surface area contributed by atoms with Gasteiger partial charge >= 0.3 is 0 Å². The number of hydrogen-bond acceptors (Lipinski definition) is 5. The van der Waals surface area contributed by atoms with Gasteiger partial charge in [-0.1, -0.05) is 18.2 Å². The first kappa shape index (κ1) is 17.9. The molecule has 7 heteroatoms. The fraction of sp³-hybridized carbons (Fsp3) is 0.105. The van der Waals surface area contributed by atoms with Crippen LogP contribution in [-0.2, 0) is 16.6 Å². The highest BCUT2D eigenvalue weighted by molar-refractivity contribution is 7.89. The lowest BCUT2D eigenvalue weighted by atomic mass is 10.1. The number of Topliss-reactive ketones (excluding diaryl/α,β-unsaturated/α-hetero) is 1. The van der Waals surface area contributed by atoms with Crippen LogP contribution in [0.4, 0.5) is 0 Å². The van der Waals surface area contributed by atoms with Crippen LogP contribution in [0.3, 0.4) is 0 Å². The zero-order valence-corrected chi connectivity index (χ0v) is 14.9. The molecular formula is C19H17N3O3S. The molecule has 0 fully saturated rings. The number of hydrogen-bond donors (Lipinski definition) is 1. The van der Waals surface area contributed by atoms with Gasteiger partial charge in [0.2, 0.25) is 10.0 Å². The zero-order chi connectivity index (χ0) is 18.6. The second kappa shape index (κ2) is 7.55. The monoisotopic (exact) mass is 367 g/mol. The molecule has 0 aliphatic carbocycles. The summed E-state index contributed by atoms with van der Waals surface area (Å²) in [5.74, 6) is -0.186. The van der Waals surface area contributed by atoms with Crippen LogP contribution in [0.5, 0.6) is 0 Å². The van der Waals surface area contributed by atoms with E-state index in [2.05, 4.69) is 14.7 Å². The van der Waals surface area contributed by atoms with Gasteiger partial charge in [-0.3, -0.25) is 14.8 Å². The first-order valence-corrected chi connectivity index (χ1v) is 9.40. The van der Waals surface area contributed by atoms with E-state index in [1.165, 1.54) is 19.1 Å². The third-order valence-corrected chi connectivity index (χ3v) is 5.25. The van der Waals surface area contributed by atoms with Crippen LogP contribution in [-0.4, -0.2) is 24.2 Å². The number of pyridine rings is 2. The Morgan fingerprint density at radius 1 is 1.04 bits per heavy atom. The van der Waals surface area contributed by atoms with Crippen LogP contribution in [0.1, 0.15) is 22.8 Å². The molecule has 0 unspecified atom stereocenters. The molecule has 0 saturated carbocycles. The van der Waals surface area contributed by atoms with E-state index in [1.807, 2.05) is 18.2 Å². The summed E-state index contributed by atoms with van der Waals surface area (Å²) in [4.78, 5) is 19.9. The van der Waals surface area contributed by atoms with E-state index < -0.39 is 10.0 Å². The second-order valence-electron chi connectivity index (χ2n) is 5.66. The van der Waals surface area contributed by atoms with Crippen LogP contribution < -0.4 is 4.72 Å². The maximum atomic E-state index is 12.6. The van der Waals surface area contributed by atoms with Gasteiger partial charge < -0.3 is 0 Å². The first-order valence-electron chi connectivity index (χ1n) is 7.92. The van der Waals surface area contributed by atoms with Gasteiger partial charge in [-0.25, -0.2) is 13.1 Å². The molecule has 132 valence electrons. The second-order valence-corrected chi connectivity index (χ2v) is 7.42. The molecule has 0 aliphatic rings. The average Bonchev–Trinajstić information content (AvgIpc) is 2.67. The average molecular weight is 367 g/mol. The molecule has 0 atom stereocenters. The number of sulfonamides is 1. The summed E-state index contributed by atoms with van der Waals surface area (Å²) in [5, 5.41) is 0. The Kier molecular flexibility index (Phi) is 5.20. The van der Waals surface area contributed by atoms with E-state index in [9.17, 15) is 13.2 Å². The van der Waals surface area contributed by atoms with Crippen LogP contribution >= 0.6 is 0 Å². The third kappa shape index (κ3) is 4.01. The largest absolute Gasteiger partial charge is 0.295 e. The highest BCUT2D eigenvalue weighted by Gasteiger charge is 2.16. The molecule has 0 aliphatic heterocycles. The first-order chi connectivity index (χ1) is 12.5. The summed E-state index contributed by atoms with van der Waals surface area (Å²) in [6.45, 7) is 1.48. The van der Waals surface area contributed by atoms with Crippen molar-refractivity contribution < 1.29 is 13.2 Å². The van der Waals surface area contributed by atoms with Gasteiger partial charge in [0, 0.05) is 36.3 Å². The van der Waals surface area contributed by atoms with Gasteiger partial charge in [-0.2, -0.15) is 0 Å². The molecule has 6 nitrogen and oxygen atoms in total. The lowest BCUT2D eigenvalue weighted by molar-refractivity contribution is 0.101. The molecule has 2 aromatic heterocycles. The van der Waals surface area contributed by atoms with Gasteiger partial charge in [0.25, 0.3) is 0 Å². The summed E-state index contributed by atoms with van der Waals surface area (Å²) in [6.07, 6.45) is 4.97. The maximum absolute atomic E-state index is 12.6. The Bertz CT molecular complexity index is 1030. The van der Waals surface area contributed by atoms with Crippen molar-refractivity contribution in [2.45, 2.75) is 18.4 Å². The van der Waals surface area contributed by atoms with Crippen molar-refractivity contribution in [2.24, 2.45) is 0 Å². The standard InChI is InChI=1S/C19H17N3O3S/c1-14(23)16-4-2-6-18(12-16)26(24,25)22-13-17-5-3-9-21-19(17)15-7-10-20-11-8-15/h2-12,22H,13H2,1H3. The SMILES string of the molecule is CC(=O)c1cccc(S(=O)(=O)NCc2cccnc2-c2ccncc2)c1. The number of benzene rings is 1. The summed E-state index contributed by atoms with van der Waals surface area (Å²) >= 11 is 0. The van der Waals surface area contributed by atoms with Crippen molar-refractivity contribution >= 4 is 15.8 Å². The minimum Gasteiger partial charge on any atom is -0.295 e. The summed E-state index contributed by atoms with van der Waals surface area (Å²) in [5.41, 5.74) is 2.64. The van der Waals surface area contributed by atoms with E-state index in [1.54, 1.807) is 36.8 Å². The molecule has 1 aromatic carbocycles. The van der Waals surface area contributed by atoms with Crippen molar-refractivity contribution in [3.05, 3.63) is 78.2 Å². The molecular weight excluding hydrogens is 350 g/mol. The molecule has 3 aromatic rings. The number of nitrogens with zero attached hydrogens (tertiary/aromatic N) is 2. The van der Waals surface area contributed by atoms with Crippen molar-refractivity contribution in [1.82, 2.24) is 14.7 Å². The van der Waals surface area contributed by atoms with Gasteiger partial charge in [0.1, 0.15) is 0 Å². The number of ketones is 1. The summed E-state index contributed by atoms with van der Waals surface area (Å²) in [7, 11) is -3.76. The topological polar surface area (TPSA) is 89.0 Å². The predicted molar refractivity (Wildman–Crippen MR) is 97.9 cm³/mol. The molecule has 0 amide bonds. The lowest BCUT2D eigenvalue weighted by Crippen LogP contribution is -2.24. The van der Waals surface area contributed by atoms with Crippen molar-refractivity contribution in [3.8, 4) is 11.3 Å². The minimum atomic E-state index is -3.76. The molecule has 0 bridgehead atoms. The summed E-state index contributed by atoms with van der Waals surface area (Å²) in [6, 6.07) is 13.2. The van der Waals surface area contributed by atoms with E-state index >= 15 is 0 Å². The molecule has 0 saturated heterocycles. The van der Waals surface area contributed by atoms with Gasteiger partial charge in [-0.05, 0) is 42.8 Å². The molecule has 0 radical (unpaired) electrons. The molecule has 26 heavy (non-hydrogen) atoms. The van der Waals surface area contributed by atoms with E-state index in [0.717, 1.165) is 11.1 Å². The predicted octanol–water partition coefficient (Wildman–Crippen LogP) is 2.82. The quantitative estimate of drug-likeness (QED) is 0.677. The molecule has 2 heterocycles. The third-order valence-electron chi connectivity index (χ3n) is 3.85. The maximum Gasteiger partial charge on any atom is 0.240 e. The highest BCUT2D eigenvalue weighted by atomic mass is 32.2. The molecule has 3 rings (SSSR count).